The quantitative estimate of drug-likeness (QED) is 0.746. The first-order chi connectivity index (χ1) is 5.56. The molecule has 0 bridgehead atoms. The number of alkyl halides is 1. The second kappa shape index (κ2) is 3.41. The number of hydrogen-bond donors (Lipinski definition) is 0. The van der Waals surface area contributed by atoms with Crippen molar-refractivity contribution >= 4 is 21.4 Å². The van der Waals surface area contributed by atoms with Gasteiger partial charge in [0.05, 0.1) is 4.90 Å². The topological polar surface area (TPSA) is 34.1 Å². The number of sulfone groups is 1. The summed E-state index contributed by atoms with van der Waals surface area (Å²) in [5, 5.41) is 0.424. The summed E-state index contributed by atoms with van der Waals surface area (Å²) in [6.45, 7) is 0. The fourth-order valence-corrected chi connectivity index (χ4v) is 1.51. The molecule has 0 spiro atoms. The Balaban J connectivity index is 3.14. The van der Waals surface area contributed by atoms with Crippen LogP contribution in [0, 0.1) is 0 Å². The van der Waals surface area contributed by atoms with Crippen LogP contribution in [0.25, 0.3) is 0 Å². The molecule has 0 fully saturated rings. The Morgan fingerprint density at radius 1 is 1.25 bits per heavy atom. The van der Waals surface area contributed by atoms with Gasteiger partial charge in [-0.1, -0.05) is 11.6 Å². The molecule has 0 saturated heterocycles. The molecule has 66 valence electrons. The smallest absolute Gasteiger partial charge is 0.207 e. The highest BCUT2D eigenvalue weighted by atomic mass is 35.5. The van der Waals surface area contributed by atoms with Gasteiger partial charge in [-0.05, 0) is 24.3 Å². The number of rotatable bonds is 2. The molecule has 0 aliphatic rings. The fraction of sp³-hybridized carbons (Fsp3) is 0.143. The molecule has 0 N–H and O–H groups in total. The molecular formula is C7H6ClFO2S. The van der Waals surface area contributed by atoms with E-state index in [9.17, 15) is 12.8 Å². The molecule has 0 heterocycles. The Morgan fingerprint density at radius 2 is 1.75 bits per heavy atom. The van der Waals surface area contributed by atoms with E-state index in [-0.39, 0.29) is 4.90 Å². The van der Waals surface area contributed by atoms with E-state index in [2.05, 4.69) is 0 Å². The third-order valence-corrected chi connectivity index (χ3v) is 2.85. The molecule has 1 aromatic carbocycles. The second-order valence-corrected chi connectivity index (χ2v) is 4.53. The van der Waals surface area contributed by atoms with Crippen molar-refractivity contribution in [2.45, 2.75) is 4.90 Å². The van der Waals surface area contributed by atoms with Crippen LogP contribution in [0.3, 0.4) is 0 Å². The minimum absolute atomic E-state index is 0.0469. The van der Waals surface area contributed by atoms with Crippen LogP contribution in [0.2, 0.25) is 5.02 Å². The van der Waals surface area contributed by atoms with Crippen molar-refractivity contribution < 1.29 is 12.8 Å². The van der Waals surface area contributed by atoms with Crippen molar-refractivity contribution in [3.8, 4) is 0 Å². The van der Waals surface area contributed by atoms with Gasteiger partial charge in [0.2, 0.25) is 9.84 Å². The van der Waals surface area contributed by atoms with E-state index < -0.39 is 15.8 Å². The summed E-state index contributed by atoms with van der Waals surface area (Å²) in [5.74, 6) is 0. The molecule has 2 nitrogen and oxygen atoms in total. The molecule has 1 aromatic rings. The van der Waals surface area contributed by atoms with Gasteiger partial charge in [-0.2, -0.15) is 0 Å². The number of halogens is 2. The predicted molar refractivity (Wildman–Crippen MR) is 44.6 cm³/mol. The van der Waals surface area contributed by atoms with Gasteiger partial charge >= 0.3 is 0 Å². The first-order valence-corrected chi connectivity index (χ1v) is 5.13. The van der Waals surface area contributed by atoms with E-state index in [1.165, 1.54) is 24.3 Å². The van der Waals surface area contributed by atoms with Crippen molar-refractivity contribution in [2.75, 3.05) is 6.01 Å². The molecule has 0 aliphatic carbocycles. The maximum atomic E-state index is 11.9. The fourth-order valence-electron chi connectivity index (χ4n) is 0.705. The summed E-state index contributed by atoms with van der Waals surface area (Å²) < 4.78 is 33.7. The van der Waals surface area contributed by atoms with Crippen LogP contribution in [-0.2, 0) is 9.84 Å². The average molecular weight is 209 g/mol. The number of hydrogen-bond acceptors (Lipinski definition) is 2. The Labute approximate surface area is 74.9 Å². The Kier molecular flexibility index (Phi) is 2.69. The van der Waals surface area contributed by atoms with E-state index in [1.54, 1.807) is 0 Å². The molecule has 0 amide bonds. The summed E-state index contributed by atoms with van der Waals surface area (Å²) in [4.78, 5) is -0.0469. The molecule has 12 heavy (non-hydrogen) atoms. The molecule has 5 heteroatoms. The third kappa shape index (κ3) is 1.95. The first-order valence-electron chi connectivity index (χ1n) is 3.10. The summed E-state index contributed by atoms with van der Waals surface area (Å²) in [7, 11) is -3.74. The van der Waals surface area contributed by atoms with Crippen LogP contribution in [0.1, 0.15) is 0 Å². The maximum absolute atomic E-state index is 11.9. The SMILES string of the molecule is O=S(=O)(CF)c1ccc(Cl)cc1. The summed E-state index contributed by atoms with van der Waals surface area (Å²) >= 11 is 5.52. The zero-order chi connectivity index (χ0) is 9.19. The highest BCUT2D eigenvalue weighted by Gasteiger charge is 2.12. The lowest BCUT2D eigenvalue weighted by Crippen LogP contribution is -2.01. The van der Waals surface area contributed by atoms with E-state index in [0.29, 0.717) is 5.02 Å². The van der Waals surface area contributed by atoms with Gasteiger partial charge in [0.1, 0.15) is 0 Å². The molecule has 0 atom stereocenters. The van der Waals surface area contributed by atoms with Crippen molar-refractivity contribution in [3.05, 3.63) is 29.3 Å². The van der Waals surface area contributed by atoms with Gasteiger partial charge in [0.25, 0.3) is 0 Å². The highest BCUT2D eigenvalue weighted by Crippen LogP contribution is 2.15. The third-order valence-electron chi connectivity index (χ3n) is 1.32. The van der Waals surface area contributed by atoms with Gasteiger partial charge < -0.3 is 0 Å². The van der Waals surface area contributed by atoms with Gasteiger partial charge in [-0.3, -0.25) is 0 Å². The van der Waals surface area contributed by atoms with Crippen LogP contribution in [0.5, 0.6) is 0 Å². The summed E-state index contributed by atoms with van der Waals surface area (Å²) in [5.41, 5.74) is 0. The van der Waals surface area contributed by atoms with E-state index in [1.807, 2.05) is 0 Å². The minimum Gasteiger partial charge on any atom is -0.233 e. The van der Waals surface area contributed by atoms with Crippen molar-refractivity contribution in [3.63, 3.8) is 0 Å². The summed E-state index contributed by atoms with van der Waals surface area (Å²) in [6.07, 6.45) is 0. The van der Waals surface area contributed by atoms with Crippen LogP contribution in [0.15, 0.2) is 29.2 Å². The van der Waals surface area contributed by atoms with E-state index >= 15 is 0 Å². The minimum atomic E-state index is -3.74. The van der Waals surface area contributed by atoms with Crippen molar-refractivity contribution in [2.24, 2.45) is 0 Å². The normalized spacial score (nSPS) is 11.5. The van der Waals surface area contributed by atoms with Crippen LogP contribution >= 0.6 is 11.6 Å². The van der Waals surface area contributed by atoms with Crippen molar-refractivity contribution in [1.29, 1.82) is 0 Å². The van der Waals surface area contributed by atoms with Crippen molar-refractivity contribution in [1.82, 2.24) is 0 Å². The maximum Gasteiger partial charge on any atom is 0.207 e. The van der Waals surface area contributed by atoms with Crippen LogP contribution in [0.4, 0.5) is 4.39 Å². The zero-order valence-corrected chi connectivity index (χ0v) is 7.57. The van der Waals surface area contributed by atoms with Crippen LogP contribution in [-0.4, -0.2) is 14.4 Å². The molecule has 0 radical (unpaired) electrons. The van der Waals surface area contributed by atoms with Gasteiger partial charge in [0, 0.05) is 5.02 Å². The largest absolute Gasteiger partial charge is 0.233 e. The lowest BCUT2D eigenvalue weighted by atomic mass is 10.4. The molecule has 0 saturated carbocycles. The standard InChI is InChI=1S/C7H6ClFO2S/c8-6-1-3-7(4-2-6)12(10,11)5-9/h1-4H,5H2. The molecule has 0 unspecified atom stereocenters. The highest BCUT2D eigenvalue weighted by molar-refractivity contribution is 7.91. The van der Waals surface area contributed by atoms with E-state index in [0.717, 1.165) is 0 Å². The monoisotopic (exact) mass is 208 g/mol. The molecular weight excluding hydrogens is 203 g/mol. The Morgan fingerprint density at radius 3 is 2.17 bits per heavy atom. The second-order valence-electron chi connectivity index (χ2n) is 2.18. The average Bonchev–Trinajstić information content (AvgIpc) is 2.05. The first kappa shape index (κ1) is 9.48. The Hall–Kier alpha value is -0.610. The van der Waals surface area contributed by atoms with Crippen LogP contribution < -0.4 is 0 Å². The number of benzene rings is 1. The Bertz CT molecular complexity index is 357. The molecule has 0 aliphatic heterocycles. The van der Waals surface area contributed by atoms with E-state index in [4.69, 9.17) is 11.6 Å². The zero-order valence-electron chi connectivity index (χ0n) is 6.00. The predicted octanol–water partition coefficient (Wildman–Crippen LogP) is 2.04. The van der Waals surface area contributed by atoms with Gasteiger partial charge in [-0.15, -0.1) is 0 Å². The lowest BCUT2D eigenvalue weighted by Gasteiger charge is -1.97. The summed E-state index contributed by atoms with van der Waals surface area (Å²) in [6, 6.07) is 3.98. The molecule has 1 rings (SSSR count). The van der Waals surface area contributed by atoms with Gasteiger partial charge in [0.15, 0.2) is 6.01 Å². The lowest BCUT2D eigenvalue weighted by molar-refractivity contribution is 0.534. The van der Waals surface area contributed by atoms with Gasteiger partial charge in [-0.25, -0.2) is 12.8 Å². The molecule has 0 aromatic heterocycles.